The number of piperazine rings is 1. The van der Waals surface area contributed by atoms with E-state index in [0.29, 0.717) is 26.0 Å². The first-order chi connectivity index (χ1) is 22.0. The van der Waals surface area contributed by atoms with E-state index in [4.69, 9.17) is 5.14 Å². The molecule has 1 aliphatic rings. The summed E-state index contributed by atoms with van der Waals surface area (Å²) >= 11 is 2.68. The summed E-state index contributed by atoms with van der Waals surface area (Å²) in [5.74, 6) is -0.195. The average molecular weight is 644 g/mol. The number of benzene rings is 3. The number of fused-ring (bicyclic) bond motifs is 1. The Morgan fingerprint density at radius 3 is 2.60 bits per heavy atom. The first-order valence-electron chi connectivity index (χ1n) is 14.7. The normalized spacial score (nSPS) is 16.6. The molecule has 45 heavy (non-hydrogen) atoms. The van der Waals surface area contributed by atoms with E-state index in [1.807, 2.05) is 84.7 Å². The molecule has 0 spiro atoms. The number of nitrogens with zero attached hydrogens (tertiary/aromatic N) is 5. The number of hydrogen-bond acceptors (Lipinski definition) is 8. The fourth-order valence-corrected chi connectivity index (χ4v) is 6.66. The number of likely N-dealkylation sites (N-methyl/N-ethyl adjacent to an activating group) is 1. The fourth-order valence-electron chi connectivity index (χ4n) is 5.64. The van der Waals surface area contributed by atoms with Crippen LogP contribution >= 0.6 is 23.3 Å². The number of nitrogens with one attached hydrogen (secondary N) is 1. The molecular weight excluding hydrogens is 607 g/mol. The maximum atomic E-state index is 14.2. The lowest BCUT2D eigenvalue weighted by Gasteiger charge is -2.50. The molecule has 0 aliphatic carbocycles. The Morgan fingerprint density at radius 1 is 1.13 bits per heavy atom. The molecule has 10 nitrogen and oxygen atoms in total. The maximum Gasteiger partial charge on any atom is 0.334 e. The Labute approximate surface area is 271 Å². The summed E-state index contributed by atoms with van der Waals surface area (Å²) in [7, 11) is 0. The van der Waals surface area contributed by atoms with Crippen molar-refractivity contribution in [1.82, 2.24) is 30.1 Å². The minimum absolute atomic E-state index is 0.115. The zero-order chi connectivity index (χ0) is 31.8. The number of thiazole rings is 1. The molecular formula is C33H37N7O3S2. The molecule has 1 fully saturated rings. The second kappa shape index (κ2) is 15.2. The van der Waals surface area contributed by atoms with Crippen LogP contribution in [0.5, 0.6) is 0 Å². The predicted molar refractivity (Wildman–Crippen MR) is 179 cm³/mol. The van der Waals surface area contributed by atoms with Gasteiger partial charge < -0.3 is 15.1 Å². The SMILES string of the molecule is C=CCN(CC)N(C(=O)NCc1ccccc1)C1CN(Cc2cccc3scnc23)C(=O)[C@H](Cc2ccc(SN)cc2)N1C=O. The third-order valence-corrected chi connectivity index (χ3v) is 9.22. The summed E-state index contributed by atoms with van der Waals surface area (Å²) in [6, 6.07) is 21.9. The molecule has 12 heteroatoms. The Bertz CT molecular complexity index is 1620. The number of carbonyl (C=O) groups excluding carboxylic acids is 3. The van der Waals surface area contributed by atoms with Crippen molar-refractivity contribution >= 4 is 51.8 Å². The Morgan fingerprint density at radius 2 is 1.91 bits per heavy atom. The highest BCUT2D eigenvalue weighted by Gasteiger charge is 2.45. The van der Waals surface area contributed by atoms with Crippen molar-refractivity contribution in [2.75, 3.05) is 19.6 Å². The fraction of sp³-hybridized carbons (Fsp3) is 0.273. The van der Waals surface area contributed by atoms with Gasteiger partial charge in [0, 0.05) is 37.5 Å². The molecule has 0 radical (unpaired) electrons. The third-order valence-electron chi connectivity index (χ3n) is 7.89. The van der Waals surface area contributed by atoms with Gasteiger partial charge in [0.2, 0.25) is 12.3 Å². The molecule has 0 saturated carbocycles. The number of rotatable bonds is 13. The molecule has 3 N–H and O–H groups in total. The number of hydrogen-bond donors (Lipinski definition) is 2. The zero-order valence-electron chi connectivity index (χ0n) is 25.1. The minimum Gasteiger partial charge on any atom is -0.333 e. The zero-order valence-corrected chi connectivity index (χ0v) is 26.8. The number of para-hydroxylation sites is 1. The van der Waals surface area contributed by atoms with Crippen LogP contribution in [0.3, 0.4) is 0 Å². The first kappa shape index (κ1) is 32.2. The Balaban J connectivity index is 1.53. The van der Waals surface area contributed by atoms with E-state index in [1.54, 1.807) is 32.8 Å². The molecule has 2 atom stereocenters. The standard InChI is InChI=1S/C33H37N7O3S2/c1-3-17-38(4-2)40(33(43)35-19-25-9-6-5-7-10-25)30-21-37(20-26-11-8-12-29-31(26)36-22-44-29)32(42)28(39(30)23-41)18-24-13-15-27(45-34)16-14-24/h3,5-16,22-23,28,30H,1,4,17-21,34H2,2H3,(H,35,43)/t28-,30?/m0/s1. The number of urea groups is 1. The molecule has 4 amide bonds. The number of nitrogens with two attached hydrogens (primary N) is 1. The van der Waals surface area contributed by atoms with Gasteiger partial charge >= 0.3 is 6.03 Å². The van der Waals surface area contributed by atoms with E-state index in [1.165, 1.54) is 4.90 Å². The van der Waals surface area contributed by atoms with Crippen LogP contribution in [0.2, 0.25) is 0 Å². The molecule has 0 bridgehead atoms. The highest BCUT2D eigenvalue weighted by Crippen LogP contribution is 2.28. The smallest absolute Gasteiger partial charge is 0.333 e. The third kappa shape index (κ3) is 7.36. The molecule has 234 valence electrons. The molecule has 1 saturated heterocycles. The molecule has 1 aliphatic heterocycles. The monoisotopic (exact) mass is 643 g/mol. The summed E-state index contributed by atoms with van der Waals surface area (Å²) in [5.41, 5.74) is 5.36. The maximum absolute atomic E-state index is 14.2. The quantitative estimate of drug-likeness (QED) is 0.0945. The van der Waals surface area contributed by atoms with Gasteiger partial charge in [-0.25, -0.2) is 19.8 Å². The molecule has 1 unspecified atom stereocenters. The van der Waals surface area contributed by atoms with Crippen molar-refractivity contribution in [1.29, 1.82) is 0 Å². The summed E-state index contributed by atoms with van der Waals surface area (Å²) in [6.07, 6.45) is 1.90. The van der Waals surface area contributed by atoms with Crippen molar-refractivity contribution in [3.05, 3.63) is 108 Å². The van der Waals surface area contributed by atoms with Crippen LogP contribution < -0.4 is 10.5 Å². The lowest BCUT2D eigenvalue weighted by atomic mass is 9.99. The van der Waals surface area contributed by atoms with Crippen molar-refractivity contribution < 1.29 is 14.4 Å². The largest absolute Gasteiger partial charge is 0.334 e. The van der Waals surface area contributed by atoms with Crippen LogP contribution in [0.15, 0.2) is 95.9 Å². The summed E-state index contributed by atoms with van der Waals surface area (Å²) < 4.78 is 1.03. The van der Waals surface area contributed by atoms with Gasteiger partial charge in [0.15, 0.2) is 0 Å². The molecule has 5 rings (SSSR count). The van der Waals surface area contributed by atoms with Crippen LogP contribution in [-0.2, 0) is 29.1 Å². The van der Waals surface area contributed by atoms with Gasteiger partial charge in [0.05, 0.1) is 22.3 Å². The van der Waals surface area contributed by atoms with Crippen LogP contribution in [0.25, 0.3) is 10.2 Å². The van der Waals surface area contributed by atoms with E-state index in [9.17, 15) is 14.4 Å². The highest BCUT2D eigenvalue weighted by molar-refractivity contribution is 7.97. The van der Waals surface area contributed by atoms with E-state index in [2.05, 4.69) is 16.9 Å². The van der Waals surface area contributed by atoms with Crippen molar-refractivity contribution in [3.8, 4) is 0 Å². The minimum atomic E-state index is -0.848. The summed E-state index contributed by atoms with van der Waals surface area (Å²) in [4.78, 5) is 49.9. The van der Waals surface area contributed by atoms with Gasteiger partial charge in [-0.3, -0.25) is 14.7 Å². The van der Waals surface area contributed by atoms with Gasteiger partial charge in [-0.05, 0) is 46.8 Å². The van der Waals surface area contributed by atoms with E-state index in [0.717, 1.165) is 43.8 Å². The predicted octanol–water partition coefficient (Wildman–Crippen LogP) is 4.63. The van der Waals surface area contributed by atoms with Gasteiger partial charge in [-0.15, -0.1) is 17.9 Å². The Kier molecular flexibility index (Phi) is 10.8. The summed E-state index contributed by atoms with van der Waals surface area (Å²) in [5, 5.41) is 12.2. The van der Waals surface area contributed by atoms with Crippen molar-refractivity contribution in [2.45, 2.75) is 43.5 Å². The van der Waals surface area contributed by atoms with Crippen molar-refractivity contribution in [2.24, 2.45) is 5.14 Å². The second-order valence-corrected chi connectivity index (χ2v) is 12.2. The average Bonchev–Trinajstić information content (AvgIpc) is 3.56. The van der Waals surface area contributed by atoms with Crippen LogP contribution in [0.4, 0.5) is 4.79 Å². The van der Waals surface area contributed by atoms with Crippen molar-refractivity contribution in [3.63, 3.8) is 0 Å². The number of carbonyl (C=O) groups is 3. The van der Waals surface area contributed by atoms with E-state index >= 15 is 0 Å². The Hall–Kier alpha value is -4.23. The molecule has 3 aromatic carbocycles. The molecule has 4 aromatic rings. The number of amides is 4. The van der Waals surface area contributed by atoms with Crippen LogP contribution in [0, 0.1) is 0 Å². The van der Waals surface area contributed by atoms with Gasteiger partial charge in [0.1, 0.15) is 12.2 Å². The lowest BCUT2D eigenvalue weighted by Crippen LogP contribution is -2.70. The van der Waals surface area contributed by atoms with E-state index in [-0.39, 0.29) is 31.4 Å². The van der Waals surface area contributed by atoms with Crippen LogP contribution in [0.1, 0.15) is 23.6 Å². The highest BCUT2D eigenvalue weighted by atomic mass is 32.2. The molecule has 2 heterocycles. The number of aromatic nitrogens is 1. The lowest BCUT2D eigenvalue weighted by molar-refractivity contribution is -0.166. The van der Waals surface area contributed by atoms with Gasteiger partial charge in [0.25, 0.3) is 0 Å². The summed E-state index contributed by atoms with van der Waals surface area (Å²) in [6.45, 7) is 7.39. The molecule has 1 aromatic heterocycles. The first-order valence-corrected chi connectivity index (χ1v) is 16.5. The topological polar surface area (TPSA) is 115 Å². The van der Waals surface area contributed by atoms with Crippen LogP contribution in [-0.4, -0.2) is 75.0 Å². The van der Waals surface area contributed by atoms with Gasteiger partial charge in [-0.2, -0.15) is 0 Å². The van der Waals surface area contributed by atoms with Gasteiger partial charge in [-0.1, -0.05) is 67.6 Å². The second-order valence-electron chi connectivity index (χ2n) is 10.6. The number of hydrazine groups is 1. The van der Waals surface area contributed by atoms with E-state index < -0.39 is 12.2 Å².